The van der Waals surface area contributed by atoms with Gasteiger partial charge in [0.1, 0.15) is 17.5 Å². The number of anilines is 2. The topological polar surface area (TPSA) is 77.9 Å². The van der Waals surface area contributed by atoms with Crippen LogP contribution in [0.25, 0.3) is 0 Å². The number of rotatable bonds is 5. The molecule has 2 aromatic carbocycles. The summed E-state index contributed by atoms with van der Waals surface area (Å²) < 4.78 is 0. The lowest BCUT2D eigenvalue weighted by Gasteiger charge is -2.27. The molecule has 6 heteroatoms. The van der Waals surface area contributed by atoms with Crippen molar-refractivity contribution in [2.24, 2.45) is 5.92 Å². The van der Waals surface area contributed by atoms with E-state index in [0.29, 0.717) is 17.8 Å². The summed E-state index contributed by atoms with van der Waals surface area (Å²) in [5.74, 6) is -0.791. The molecule has 1 unspecified atom stereocenters. The zero-order valence-electron chi connectivity index (χ0n) is 16.5. The Morgan fingerprint density at radius 2 is 1.36 bits per heavy atom. The fraction of sp³-hybridized carbons (Fsp3) is 0.318. The number of unbranched alkanes of at least 4 members (excludes halogenated alkanes) is 1. The summed E-state index contributed by atoms with van der Waals surface area (Å²) in [6, 6.07) is 15.4. The van der Waals surface area contributed by atoms with Crippen LogP contribution in [0.15, 0.2) is 54.6 Å². The molecule has 28 heavy (non-hydrogen) atoms. The highest BCUT2D eigenvalue weighted by Gasteiger charge is 2.46. The van der Waals surface area contributed by atoms with Gasteiger partial charge in [-0.2, -0.15) is 0 Å². The molecular weight excluding hydrogens is 356 g/mol. The van der Waals surface area contributed by atoms with Crippen LogP contribution in [0, 0.1) is 5.92 Å². The first-order chi connectivity index (χ1) is 13.4. The van der Waals surface area contributed by atoms with Crippen LogP contribution >= 0.6 is 0 Å². The minimum absolute atomic E-state index is 0.116. The van der Waals surface area contributed by atoms with Gasteiger partial charge in [0.15, 0.2) is 0 Å². The Morgan fingerprint density at radius 1 is 0.893 bits per heavy atom. The maximum Gasteiger partial charge on any atom is 0.258 e. The Labute approximate surface area is 165 Å². The number of nitrogens with zero attached hydrogens (tertiary/aromatic N) is 2. The zero-order valence-corrected chi connectivity index (χ0v) is 16.5. The molecule has 0 saturated carbocycles. The molecule has 3 rings (SSSR count). The molecule has 0 radical (unpaired) electrons. The van der Waals surface area contributed by atoms with E-state index in [9.17, 15) is 19.5 Å². The van der Waals surface area contributed by atoms with Crippen LogP contribution in [0.2, 0.25) is 0 Å². The molecule has 6 nitrogen and oxygen atoms in total. The van der Waals surface area contributed by atoms with Crippen LogP contribution in [0.3, 0.4) is 0 Å². The predicted molar refractivity (Wildman–Crippen MR) is 109 cm³/mol. The number of benzene rings is 2. The Morgan fingerprint density at radius 3 is 1.82 bits per heavy atom. The lowest BCUT2D eigenvalue weighted by Crippen LogP contribution is -2.41. The summed E-state index contributed by atoms with van der Waals surface area (Å²) in [5, 5.41) is 12.3. The van der Waals surface area contributed by atoms with Gasteiger partial charge in [-0.3, -0.25) is 9.59 Å². The molecule has 0 aliphatic carbocycles. The van der Waals surface area contributed by atoms with Gasteiger partial charge in [0.2, 0.25) is 0 Å². The highest BCUT2D eigenvalue weighted by atomic mass is 16.3. The van der Waals surface area contributed by atoms with E-state index in [0.717, 1.165) is 12.8 Å². The van der Waals surface area contributed by atoms with Gasteiger partial charge >= 0.3 is 0 Å². The molecule has 1 N–H and O–H groups in total. The highest BCUT2D eigenvalue weighted by Crippen LogP contribution is 2.34. The van der Waals surface area contributed by atoms with Gasteiger partial charge in [0.25, 0.3) is 11.8 Å². The smallest absolute Gasteiger partial charge is 0.258 e. The van der Waals surface area contributed by atoms with Crippen molar-refractivity contribution in [2.75, 3.05) is 10.0 Å². The molecule has 1 heterocycles. The fourth-order valence-corrected chi connectivity index (χ4v) is 2.90. The average Bonchev–Trinajstić information content (AvgIpc) is 2.91. The monoisotopic (exact) mass is 382 g/mol. The molecule has 2 amide bonds. The first kappa shape index (κ1) is 21.2. The number of hydrazine groups is 1. The zero-order chi connectivity index (χ0) is 20.7. The second kappa shape index (κ2) is 9.69. The number of phenols is 1. The van der Waals surface area contributed by atoms with Crippen LogP contribution in [-0.4, -0.2) is 22.7 Å². The molecule has 0 spiro atoms. The van der Waals surface area contributed by atoms with Crippen molar-refractivity contribution in [1.82, 2.24) is 0 Å². The summed E-state index contributed by atoms with van der Waals surface area (Å²) in [4.78, 5) is 35.2. The summed E-state index contributed by atoms with van der Waals surface area (Å²) in [6.07, 6.45) is 2.31. The molecular formula is C22H26N2O4. The van der Waals surface area contributed by atoms with Crippen molar-refractivity contribution in [1.29, 1.82) is 0 Å². The third kappa shape index (κ3) is 4.97. The number of aromatic hydroxyl groups is 1. The van der Waals surface area contributed by atoms with Crippen molar-refractivity contribution in [3.63, 3.8) is 0 Å². The average molecular weight is 382 g/mol. The molecule has 1 atom stereocenters. The van der Waals surface area contributed by atoms with Crippen molar-refractivity contribution in [3.05, 3.63) is 54.6 Å². The summed E-state index contributed by atoms with van der Waals surface area (Å²) in [7, 11) is 0. The van der Waals surface area contributed by atoms with Crippen LogP contribution in [0.4, 0.5) is 11.4 Å². The molecule has 0 aromatic heterocycles. The van der Waals surface area contributed by atoms with Crippen molar-refractivity contribution in [3.8, 4) is 5.75 Å². The quantitative estimate of drug-likeness (QED) is 0.790. The second-order valence-electron chi connectivity index (χ2n) is 6.76. The minimum atomic E-state index is -0.654. The second-order valence-corrected chi connectivity index (χ2v) is 6.76. The molecule has 148 valence electrons. The van der Waals surface area contributed by atoms with E-state index in [1.54, 1.807) is 24.3 Å². The number of Topliss-reactive ketones (excluding diaryl/α,β-unsaturated/α-hetero) is 1. The van der Waals surface area contributed by atoms with Crippen molar-refractivity contribution < 1.29 is 19.5 Å². The number of para-hydroxylation sites is 1. The number of hydrogen-bond acceptors (Lipinski definition) is 4. The third-order valence-corrected chi connectivity index (χ3v) is 4.16. The molecule has 0 bridgehead atoms. The maximum absolute atomic E-state index is 12.9. The van der Waals surface area contributed by atoms with Gasteiger partial charge in [-0.1, -0.05) is 38.0 Å². The van der Waals surface area contributed by atoms with Gasteiger partial charge in [-0.25, -0.2) is 10.0 Å². The Balaban J connectivity index is 0.000000640. The van der Waals surface area contributed by atoms with Crippen LogP contribution in [0.5, 0.6) is 5.75 Å². The van der Waals surface area contributed by atoms with E-state index in [4.69, 9.17) is 0 Å². The van der Waals surface area contributed by atoms with Crippen molar-refractivity contribution >= 4 is 29.0 Å². The number of phenolic OH excluding ortho intramolecular Hbond substituents is 1. The normalized spacial score (nSPS) is 16.0. The van der Waals surface area contributed by atoms with E-state index < -0.39 is 5.92 Å². The van der Waals surface area contributed by atoms with Crippen molar-refractivity contribution in [2.45, 2.75) is 40.0 Å². The number of carbonyl (C=O) groups is 3. The van der Waals surface area contributed by atoms with Gasteiger partial charge in [-0.15, -0.1) is 0 Å². The largest absolute Gasteiger partial charge is 0.508 e. The number of ketones is 1. The van der Waals surface area contributed by atoms with E-state index >= 15 is 0 Å². The molecule has 1 aliphatic heterocycles. The number of hydrogen-bond donors (Lipinski definition) is 1. The molecule has 1 fully saturated rings. The lowest BCUT2D eigenvalue weighted by atomic mass is 10.0. The first-order valence-corrected chi connectivity index (χ1v) is 9.36. The van der Waals surface area contributed by atoms with E-state index in [1.165, 1.54) is 36.0 Å². The maximum atomic E-state index is 12.9. The van der Waals surface area contributed by atoms with Gasteiger partial charge < -0.3 is 9.90 Å². The number of carbonyl (C=O) groups excluding carboxylic acids is 3. The third-order valence-electron chi connectivity index (χ3n) is 4.16. The fourth-order valence-electron chi connectivity index (χ4n) is 2.90. The summed E-state index contributed by atoms with van der Waals surface area (Å²) in [5.41, 5.74) is 1.22. The van der Waals surface area contributed by atoms with Crippen LogP contribution in [0.1, 0.15) is 40.0 Å². The van der Waals surface area contributed by atoms with E-state index in [-0.39, 0.29) is 23.3 Å². The van der Waals surface area contributed by atoms with E-state index in [2.05, 4.69) is 0 Å². The first-order valence-electron chi connectivity index (χ1n) is 9.36. The summed E-state index contributed by atoms with van der Waals surface area (Å²) in [6.45, 7) is 5.09. The van der Waals surface area contributed by atoms with Crippen LogP contribution in [-0.2, 0) is 14.4 Å². The standard InChI is InChI=1S/C19H20N2O3.C3H6O/c1-2-3-9-17-18(23)20(14-7-5-4-6-8-14)21(19(17)24)15-10-12-16(22)13-11-15;1-3(2)4/h4-8,10-13,17,22H,2-3,9H2,1H3;1-2H3. The lowest BCUT2D eigenvalue weighted by molar-refractivity contribution is -0.127. The van der Waals surface area contributed by atoms with E-state index in [1.807, 2.05) is 25.1 Å². The SMILES string of the molecule is CC(C)=O.CCCCC1C(=O)N(c2ccccc2)N(c2ccc(O)cc2)C1=O. The molecule has 2 aromatic rings. The van der Waals surface area contributed by atoms with Gasteiger partial charge in [0.05, 0.1) is 11.4 Å². The molecule has 1 aliphatic rings. The highest BCUT2D eigenvalue weighted by molar-refractivity contribution is 6.23. The minimum Gasteiger partial charge on any atom is -0.508 e. The Kier molecular flexibility index (Phi) is 7.32. The molecule has 1 saturated heterocycles. The predicted octanol–water partition coefficient (Wildman–Crippen LogP) is 4.09. The van der Waals surface area contributed by atoms with Gasteiger partial charge in [0, 0.05) is 0 Å². The van der Waals surface area contributed by atoms with Crippen LogP contribution < -0.4 is 10.0 Å². The van der Waals surface area contributed by atoms with Gasteiger partial charge in [-0.05, 0) is 56.7 Å². The summed E-state index contributed by atoms with van der Waals surface area (Å²) >= 11 is 0. The Bertz CT molecular complexity index is 814. The Hall–Kier alpha value is -3.15. The number of amides is 2.